The summed E-state index contributed by atoms with van der Waals surface area (Å²) in [6.07, 6.45) is 1.61. The maximum absolute atomic E-state index is 5.98. The van der Waals surface area contributed by atoms with Gasteiger partial charge in [-0.25, -0.2) is 4.98 Å². The highest BCUT2D eigenvalue weighted by Crippen LogP contribution is 2.24. The Hall–Kier alpha value is -0.960. The number of nitrogens with zero attached hydrogens (tertiary/aromatic N) is 2. The summed E-state index contributed by atoms with van der Waals surface area (Å²) in [5.41, 5.74) is 6.13. The van der Waals surface area contributed by atoms with Crippen molar-refractivity contribution in [3.63, 3.8) is 0 Å². The maximum Gasteiger partial charge on any atom is 0.147 e. The Morgan fingerprint density at radius 3 is 2.62 bits per heavy atom. The van der Waals surface area contributed by atoms with Gasteiger partial charge in [-0.05, 0) is 19.9 Å². The first-order valence-electron chi connectivity index (χ1n) is 4.16. The lowest BCUT2D eigenvalue weighted by Crippen LogP contribution is -2.26. The quantitative estimate of drug-likeness (QED) is 0.794. The lowest BCUT2D eigenvalue weighted by atomic mass is 10.3. The Morgan fingerprint density at radius 2 is 2.15 bits per heavy atom. The molecule has 0 atom stereocenters. The van der Waals surface area contributed by atoms with Crippen LogP contribution in [0.2, 0.25) is 5.02 Å². The third-order valence-corrected chi connectivity index (χ3v) is 2.23. The van der Waals surface area contributed by atoms with Crippen LogP contribution in [0.1, 0.15) is 13.8 Å². The third-order valence-electron chi connectivity index (χ3n) is 1.95. The van der Waals surface area contributed by atoms with Gasteiger partial charge in [0.15, 0.2) is 0 Å². The molecular weight excluding hydrogens is 186 g/mol. The molecule has 0 unspecified atom stereocenters. The van der Waals surface area contributed by atoms with E-state index in [4.69, 9.17) is 17.3 Å². The van der Waals surface area contributed by atoms with Crippen molar-refractivity contribution in [2.24, 2.45) is 0 Å². The Morgan fingerprint density at radius 1 is 1.54 bits per heavy atom. The van der Waals surface area contributed by atoms with Crippen LogP contribution < -0.4 is 10.6 Å². The van der Waals surface area contributed by atoms with E-state index in [1.54, 1.807) is 12.3 Å². The van der Waals surface area contributed by atoms with Gasteiger partial charge in [-0.1, -0.05) is 11.6 Å². The molecule has 0 aromatic carbocycles. The van der Waals surface area contributed by atoms with Gasteiger partial charge >= 0.3 is 0 Å². The largest absolute Gasteiger partial charge is 0.397 e. The molecule has 72 valence electrons. The summed E-state index contributed by atoms with van der Waals surface area (Å²) >= 11 is 5.98. The topological polar surface area (TPSA) is 42.2 Å². The number of halogens is 1. The van der Waals surface area contributed by atoms with Gasteiger partial charge in [0.25, 0.3) is 0 Å². The van der Waals surface area contributed by atoms with Crippen LogP contribution in [-0.2, 0) is 0 Å². The predicted molar refractivity (Wildman–Crippen MR) is 57.2 cm³/mol. The van der Waals surface area contributed by atoms with Crippen molar-refractivity contribution < 1.29 is 0 Å². The fraction of sp³-hybridized carbons (Fsp3) is 0.444. The fourth-order valence-electron chi connectivity index (χ4n) is 0.950. The first-order chi connectivity index (χ1) is 6.02. The summed E-state index contributed by atoms with van der Waals surface area (Å²) in [6.45, 7) is 4.16. The fourth-order valence-corrected chi connectivity index (χ4v) is 1.26. The first kappa shape index (κ1) is 10.1. The highest BCUT2D eigenvalue weighted by molar-refractivity contribution is 6.33. The summed E-state index contributed by atoms with van der Waals surface area (Å²) < 4.78 is 0. The molecule has 0 amide bonds. The molecule has 0 aliphatic rings. The molecule has 1 heterocycles. The van der Waals surface area contributed by atoms with Gasteiger partial charge in [0.2, 0.25) is 0 Å². The van der Waals surface area contributed by atoms with E-state index in [-0.39, 0.29) is 0 Å². The minimum Gasteiger partial charge on any atom is -0.397 e. The van der Waals surface area contributed by atoms with E-state index in [9.17, 15) is 0 Å². The minimum atomic E-state index is 0.369. The number of nitrogen functional groups attached to an aromatic ring is 1. The van der Waals surface area contributed by atoms with Crippen LogP contribution in [0.5, 0.6) is 0 Å². The number of anilines is 2. The van der Waals surface area contributed by atoms with Crippen molar-refractivity contribution in [1.29, 1.82) is 0 Å². The maximum atomic E-state index is 5.98. The minimum absolute atomic E-state index is 0.369. The van der Waals surface area contributed by atoms with Crippen LogP contribution >= 0.6 is 11.6 Å². The highest BCUT2D eigenvalue weighted by atomic mass is 35.5. The molecule has 0 radical (unpaired) electrons. The molecule has 2 N–H and O–H groups in total. The zero-order valence-corrected chi connectivity index (χ0v) is 8.84. The molecule has 1 aromatic rings. The van der Waals surface area contributed by atoms with E-state index in [0.717, 1.165) is 5.82 Å². The van der Waals surface area contributed by atoms with Crippen LogP contribution in [0.4, 0.5) is 11.5 Å². The van der Waals surface area contributed by atoms with Gasteiger partial charge in [-0.15, -0.1) is 0 Å². The smallest absolute Gasteiger partial charge is 0.147 e. The van der Waals surface area contributed by atoms with E-state index in [1.165, 1.54) is 0 Å². The van der Waals surface area contributed by atoms with Gasteiger partial charge in [0, 0.05) is 13.1 Å². The van der Waals surface area contributed by atoms with E-state index in [2.05, 4.69) is 18.8 Å². The molecule has 0 spiro atoms. The van der Waals surface area contributed by atoms with Crippen LogP contribution in [0.15, 0.2) is 12.3 Å². The Kier molecular flexibility index (Phi) is 2.98. The van der Waals surface area contributed by atoms with Gasteiger partial charge in [-0.3, -0.25) is 0 Å². The summed E-state index contributed by atoms with van der Waals surface area (Å²) in [4.78, 5) is 6.17. The molecule has 13 heavy (non-hydrogen) atoms. The van der Waals surface area contributed by atoms with Crippen molar-refractivity contribution in [3.05, 3.63) is 17.3 Å². The molecular formula is C9H14ClN3. The lowest BCUT2D eigenvalue weighted by molar-refractivity contribution is 0.743. The van der Waals surface area contributed by atoms with Crippen molar-refractivity contribution in [2.45, 2.75) is 19.9 Å². The molecule has 3 nitrogen and oxygen atoms in total. The molecule has 0 bridgehead atoms. The van der Waals surface area contributed by atoms with Crippen molar-refractivity contribution in [1.82, 2.24) is 4.98 Å². The van der Waals surface area contributed by atoms with E-state index < -0.39 is 0 Å². The number of hydrogen-bond donors (Lipinski definition) is 1. The molecule has 1 aromatic heterocycles. The van der Waals surface area contributed by atoms with Crippen molar-refractivity contribution in [2.75, 3.05) is 17.7 Å². The normalized spacial score (nSPS) is 10.5. The number of nitrogens with two attached hydrogens (primary N) is 1. The molecule has 4 heteroatoms. The standard InChI is InChI=1S/C9H14ClN3/c1-6(2)13(3)9-8(10)4-7(11)5-12-9/h4-6H,11H2,1-3H3. The van der Waals surface area contributed by atoms with E-state index >= 15 is 0 Å². The van der Waals surface area contributed by atoms with Crippen molar-refractivity contribution in [3.8, 4) is 0 Å². The highest BCUT2D eigenvalue weighted by Gasteiger charge is 2.10. The second kappa shape index (κ2) is 3.83. The molecule has 0 saturated heterocycles. The van der Waals surface area contributed by atoms with Crippen LogP contribution in [-0.4, -0.2) is 18.1 Å². The average molecular weight is 200 g/mol. The number of hydrogen-bond acceptors (Lipinski definition) is 3. The molecule has 0 saturated carbocycles. The molecule has 0 aliphatic heterocycles. The predicted octanol–water partition coefficient (Wildman–Crippen LogP) is 2.16. The zero-order valence-electron chi connectivity index (χ0n) is 8.08. The van der Waals surface area contributed by atoms with Gasteiger partial charge in [-0.2, -0.15) is 0 Å². The van der Waals surface area contributed by atoms with Crippen molar-refractivity contribution >= 4 is 23.1 Å². The number of aromatic nitrogens is 1. The molecule has 1 rings (SSSR count). The van der Waals surface area contributed by atoms with Gasteiger partial charge in [0.05, 0.1) is 16.9 Å². The van der Waals surface area contributed by atoms with E-state index in [1.807, 2.05) is 11.9 Å². The summed E-state index contributed by atoms with van der Waals surface area (Å²) in [7, 11) is 1.95. The second-order valence-electron chi connectivity index (χ2n) is 3.28. The Bertz CT molecular complexity index is 299. The monoisotopic (exact) mass is 199 g/mol. The Labute approximate surface area is 83.5 Å². The summed E-state index contributed by atoms with van der Waals surface area (Å²) in [5.74, 6) is 0.769. The Balaban J connectivity index is 3.01. The number of pyridine rings is 1. The van der Waals surface area contributed by atoms with Gasteiger partial charge < -0.3 is 10.6 Å². The molecule has 0 fully saturated rings. The van der Waals surface area contributed by atoms with Crippen LogP contribution in [0, 0.1) is 0 Å². The van der Waals surface area contributed by atoms with E-state index in [0.29, 0.717) is 16.8 Å². The third kappa shape index (κ3) is 2.25. The SMILES string of the molecule is CC(C)N(C)c1ncc(N)cc1Cl. The zero-order chi connectivity index (χ0) is 10.0. The number of rotatable bonds is 2. The van der Waals surface area contributed by atoms with Crippen LogP contribution in [0.25, 0.3) is 0 Å². The lowest BCUT2D eigenvalue weighted by Gasteiger charge is -2.23. The first-order valence-corrected chi connectivity index (χ1v) is 4.54. The summed E-state index contributed by atoms with van der Waals surface area (Å²) in [6, 6.07) is 2.08. The van der Waals surface area contributed by atoms with Crippen LogP contribution in [0.3, 0.4) is 0 Å². The van der Waals surface area contributed by atoms with Gasteiger partial charge in [0.1, 0.15) is 5.82 Å². The summed E-state index contributed by atoms with van der Waals surface area (Å²) in [5, 5.41) is 0.594. The molecule has 0 aliphatic carbocycles. The average Bonchev–Trinajstić information content (AvgIpc) is 2.03. The second-order valence-corrected chi connectivity index (χ2v) is 3.69.